The lowest BCUT2D eigenvalue weighted by Crippen LogP contribution is -2.47. The zero-order chi connectivity index (χ0) is 13.2. The number of thioether (sulfide) groups is 1. The summed E-state index contributed by atoms with van der Waals surface area (Å²) in [5, 5.41) is 0. The molecular weight excluding hydrogens is 238 g/mol. The molecule has 0 aliphatic heterocycles. The molecule has 0 bridgehead atoms. The van der Waals surface area contributed by atoms with Gasteiger partial charge < -0.3 is 5.73 Å². The van der Waals surface area contributed by atoms with Gasteiger partial charge >= 0.3 is 0 Å². The maximum atomic E-state index is 6.43. The van der Waals surface area contributed by atoms with Crippen LogP contribution in [0.1, 0.15) is 33.1 Å². The third-order valence-electron chi connectivity index (χ3n) is 4.10. The molecule has 98 valence electrons. The molecule has 1 nitrogen and oxygen atoms in total. The molecule has 1 aromatic rings. The molecule has 3 atom stereocenters. The van der Waals surface area contributed by atoms with E-state index in [2.05, 4.69) is 50.8 Å². The SMILES string of the molecule is C=C(C)[C@H]1CC[C@](C)(Sc2ccccc2)[C@@H](N)C1. The lowest BCUT2D eigenvalue weighted by Gasteiger charge is -2.42. The maximum Gasteiger partial charge on any atom is 0.0330 e. The second-order valence-corrected chi connectivity index (χ2v) is 7.26. The van der Waals surface area contributed by atoms with Crippen molar-refractivity contribution >= 4 is 11.8 Å². The van der Waals surface area contributed by atoms with Crippen LogP contribution in [0.4, 0.5) is 0 Å². The van der Waals surface area contributed by atoms with Crippen LogP contribution in [-0.4, -0.2) is 10.8 Å². The Hall–Kier alpha value is -0.730. The molecule has 1 aliphatic rings. The van der Waals surface area contributed by atoms with E-state index in [0.717, 1.165) is 6.42 Å². The average molecular weight is 261 g/mol. The molecule has 1 fully saturated rings. The fourth-order valence-corrected chi connectivity index (χ4v) is 3.95. The summed E-state index contributed by atoms with van der Waals surface area (Å²) in [5.74, 6) is 0.615. The molecule has 18 heavy (non-hydrogen) atoms. The van der Waals surface area contributed by atoms with Gasteiger partial charge in [0.2, 0.25) is 0 Å². The van der Waals surface area contributed by atoms with Gasteiger partial charge in [-0.15, -0.1) is 11.8 Å². The van der Waals surface area contributed by atoms with Gasteiger partial charge in [0, 0.05) is 15.7 Å². The Balaban J connectivity index is 2.06. The van der Waals surface area contributed by atoms with Crippen LogP contribution in [0.15, 0.2) is 47.4 Å². The van der Waals surface area contributed by atoms with Crippen molar-refractivity contribution in [1.29, 1.82) is 0 Å². The normalized spacial score (nSPS) is 32.2. The maximum absolute atomic E-state index is 6.43. The lowest BCUT2D eigenvalue weighted by atomic mass is 9.76. The topological polar surface area (TPSA) is 26.0 Å². The molecule has 1 aliphatic carbocycles. The zero-order valence-corrected chi connectivity index (χ0v) is 12.2. The summed E-state index contributed by atoms with van der Waals surface area (Å²) in [6.45, 7) is 8.52. The first-order chi connectivity index (χ1) is 8.51. The fraction of sp³-hybridized carbons (Fsp3) is 0.500. The Morgan fingerprint density at radius 1 is 1.39 bits per heavy atom. The summed E-state index contributed by atoms with van der Waals surface area (Å²) < 4.78 is 0.160. The summed E-state index contributed by atoms with van der Waals surface area (Å²) in [6, 6.07) is 10.8. The van der Waals surface area contributed by atoms with Crippen LogP contribution < -0.4 is 5.73 Å². The highest BCUT2D eigenvalue weighted by Gasteiger charge is 2.38. The zero-order valence-electron chi connectivity index (χ0n) is 11.4. The van der Waals surface area contributed by atoms with Crippen LogP contribution in [0.5, 0.6) is 0 Å². The molecule has 1 aromatic carbocycles. The first-order valence-electron chi connectivity index (χ1n) is 6.66. The van der Waals surface area contributed by atoms with Gasteiger partial charge in [-0.05, 0) is 51.2 Å². The Morgan fingerprint density at radius 3 is 2.61 bits per heavy atom. The van der Waals surface area contributed by atoms with E-state index in [9.17, 15) is 0 Å². The van der Waals surface area contributed by atoms with E-state index < -0.39 is 0 Å². The predicted molar refractivity (Wildman–Crippen MR) is 80.8 cm³/mol. The van der Waals surface area contributed by atoms with E-state index >= 15 is 0 Å². The average Bonchev–Trinajstić information content (AvgIpc) is 2.34. The second-order valence-electron chi connectivity index (χ2n) is 5.65. The van der Waals surface area contributed by atoms with Gasteiger partial charge in [-0.2, -0.15) is 0 Å². The highest BCUT2D eigenvalue weighted by atomic mass is 32.2. The highest BCUT2D eigenvalue weighted by molar-refractivity contribution is 8.00. The van der Waals surface area contributed by atoms with Crippen LogP contribution in [-0.2, 0) is 0 Å². The molecule has 1 saturated carbocycles. The predicted octanol–water partition coefficient (Wildman–Crippen LogP) is 4.24. The van der Waals surface area contributed by atoms with Gasteiger partial charge in [0.1, 0.15) is 0 Å². The third kappa shape index (κ3) is 2.99. The van der Waals surface area contributed by atoms with Crippen LogP contribution >= 0.6 is 11.8 Å². The molecule has 0 spiro atoms. The minimum absolute atomic E-state index is 0.160. The van der Waals surface area contributed by atoms with E-state index in [-0.39, 0.29) is 10.8 Å². The number of nitrogens with two attached hydrogens (primary N) is 1. The van der Waals surface area contributed by atoms with Gasteiger partial charge in [-0.25, -0.2) is 0 Å². The summed E-state index contributed by atoms with van der Waals surface area (Å²) >= 11 is 1.93. The van der Waals surface area contributed by atoms with Crippen LogP contribution in [0.3, 0.4) is 0 Å². The molecule has 2 rings (SSSR count). The quantitative estimate of drug-likeness (QED) is 0.824. The van der Waals surface area contributed by atoms with Crippen molar-refractivity contribution in [3.05, 3.63) is 42.5 Å². The van der Waals surface area contributed by atoms with Crippen LogP contribution in [0, 0.1) is 5.92 Å². The number of rotatable bonds is 3. The van der Waals surface area contributed by atoms with Gasteiger partial charge in [0.15, 0.2) is 0 Å². The summed E-state index contributed by atoms with van der Waals surface area (Å²) in [7, 11) is 0. The van der Waals surface area contributed by atoms with Crippen molar-refractivity contribution in [2.75, 3.05) is 0 Å². The third-order valence-corrected chi connectivity index (χ3v) is 5.58. The Bertz CT molecular complexity index is 414. The second kappa shape index (κ2) is 5.50. The van der Waals surface area contributed by atoms with Crippen molar-refractivity contribution in [2.24, 2.45) is 11.7 Å². The van der Waals surface area contributed by atoms with E-state index in [1.54, 1.807) is 0 Å². The Morgan fingerprint density at radius 2 is 2.06 bits per heavy atom. The van der Waals surface area contributed by atoms with Crippen molar-refractivity contribution in [1.82, 2.24) is 0 Å². The molecule has 0 saturated heterocycles. The van der Waals surface area contributed by atoms with Crippen LogP contribution in [0.25, 0.3) is 0 Å². The van der Waals surface area contributed by atoms with Gasteiger partial charge in [-0.1, -0.05) is 30.4 Å². The van der Waals surface area contributed by atoms with Gasteiger partial charge in [0.25, 0.3) is 0 Å². The molecule has 0 heterocycles. The van der Waals surface area contributed by atoms with Gasteiger partial charge in [0.05, 0.1) is 0 Å². The van der Waals surface area contributed by atoms with Crippen LogP contribution in [0.2, 0.25) is 0 Å². The monoisotopic (exact) mass is 261 g/mol. The van der Waals surface area contributed by atoms with Gasteiger partial charge in [-0.3, -0.25) is 0 Å². The lowest BCUT2D eigenvalue weighted by molar-refractivity contribution is 0.305. The number of benzene rings is 1. The molecule has 0 amide bonds. The smallest absolute Gasteiger partial charge is 0.0330 e. The first kappa shape index (κ1) is 13.7. The van der Waals surface area contributed by atoms with E-state index in [0.29, 0.717) is 5.92 Å². The number of allylic oxidation sites excluding steroid dienone is 1. The summed E-state index contributed by atoms with van der Waals surface area (Å²) in [5.41, 5.74) is 7.72. The minimum atomic E-state index is 0.160. The Kier molecular flexibility index (Phi) is 4.18. The molecule has 0 unspecified atom stereocenters. The highest BCUT2D eigenvalue weighted by Crippen LogP contribution is 2.45. The molecule has 0 aromatic heterocycles. The van der Waals surface area contributed by atoms with Crippen molar-refractivity contribution in [3.63, 3.8) is 0 Å². The number of hydrogen-bond acceptors (Lipinski definition) is 2. The molecule has 2 N–H and O–H groups in total. The Labute approximate surface area is 115 Å². The largest absolute Gasteiger partial charge is 0.326 e. The standard InChI is InChI=1S/C16H23NS/c1-12(2)13-9-10-16(3,15(17)11-13)18-14-7-5-4-6-8-14/h4-8,13,15H,1,9-11,17H2,2-3H3/t13-,15-,16-/m0/s1. The number of hydrogen-bond donors (Lipinski definition) is 1. The van der Waals surface area contributed by atoms with E-state index in [1.807, 2.05) is 11.8 Å². The summed E-state index contributed by atoms with van der Waals surface area (Å²) in [4.78, 5) is 1.32. The van der Waals surface area contributed by atoms with E-state index in [4.69, 9.17) is 5.73 Å². The summed E-state index contributed by atoms with van der Waals surface area (Å²) in [6.07, 6.45) is 3.47. The molecule has 2 heteroatoms. The van der Waals surface area contributed by atoms with E-state index in [1.165, 1.54) is 23.3 Å². The fourth-order valence-electron chi connectivity index (χ4n) is 2.65. The van der Waals surface area contributed by atoms with Crippen molar-refractivity contribution in [2.45, 2.75) is 48.8 Å². The minimum Gasteiger partial charge on any atom is -0.326 e. The molecular formula is C16H23NS. The molecule has 0 radical (unpaired) electrons. The first-order valence-corrected chi connectivity index (χ1v) is 7.48. The van der Waals surface area contributed by atoms with Crippen molar-refractivity contribution in [3.8, 4) is 0 Å². The van der Waals surface area contributed by atoms with Crippen molar-refractivity contribution < 1.29 is 0 Å².